The average molecular weight is 249 g/mol. The van der Waals surface area contributed by atoms with Gasteiger partial charge in [-0.05, 0) is 25.5 Å². The molecule has 0 spiro atoms. The van der Waals surface area contributed by atoms with Crippen molar-refractivity contribution in [1.82, 2.24) is 4.98 Å². The van der Waals surface area contributed by atoms with Crippen LogP contribution in [0.4, 0.5) is 0 Å². The molecule has 0 bridgehead atoms. The standard InChI is InChI=1S/C13H15NO2S/c1-5-6-13(16-11(4)15)9(2)7-12-8-17-10(3)14-12/h1,7-8,13H,6H2,2-4H3/b9-7+/t13-/m1/s1. The molecule has 0 amide bonds. The van der Waals surface area contributed by atoms with Gasteiger partial charge in [-0.3, -0.25) is 4.79 Å². The van der Waals surface area contributed by atoms with Gasteiger partial charge in [-0.15, -0.1) is 23.7 Å². The van der Waals surface area contributed by atoms with E-state index in [0.717, 1.165) is 16.3 Å². The van der Waals surface area contributed by atoms with Crippen molar-refractivity contribution in [1.29, 1.82) is 0 Å². The molecule has 0 aromatic carbocycles. The van der Waals surface area contributed by atoms with Gasteiger partial charge < -0.3 is 4.74 Å². The molecule has 0 saturated heterocycles. The molecule has 0 aliphatic heterocycles. The fourth-order valence-electron chi connectivity index (χ4n) is 1.38. The van der Waals surface area contributed by atoms with E-state index in [1.807, 2.05) is 25.3 Å². The quantitative estimate of drug-likeness (QED) is 0.608. The number of rotatable bonds is 4. The molecule has 0 N–H and O–H groups in total. The molecule has 0 fully saturated rings. The van der Waals surface area contributed by atoms with Gasteiger partial charge in [-0.1, -0.05) is 0 Å². The highest BCUT2D eigenvalue weighted by atomic mass is 32.1. The molecule has 0 unspecified atom stereocenters. The van der Waals surface area contributed by atoms with Crippen molar-refractivity contribution in [3.8, 4) is 12.3 Å². The number of carbonyl (C=O) groups is 1. The predicted molar refractivity (Wildman–Crippen MR) is 69.5 cm³/mol. The lowest BCUT2D eigenvalue weighted by Gasteiger charge is -2.14. The summed E-state index contributed by atoms with van der Waals surface area (Å²) >= 11 is 1.58. The van der Waals surface area contributed by atoms with E-state index in [1.165, 1.54) is 6.92 Å². The molecule has 0 saturated carbocycles. The average Bonchev–Trinajstić information content (AvgIpc) is 2.62. The van der Waals surface area contributed by atoms with Gasteiger partial charge in [0.2, 0.25) is 0 Å². The molecule has 1 atom stereocenters. The molecule has 90 valence electrons. The number of nitrogens with zero attached hydrogens (tertiary/aromatic N) is 1. The zero-order valence-corrected chi connectivity index (χ0v) is 11.0. The summed E-state index contributed by atoms with van der Waals surface area (Å²) in [6.45, 7) is 5.21. The topological polar surface area (TPSA) is 39.2 Å². The van der Waals surface area contributed by atoms with Crippen LogP contribution in [0.3, 0.4) is 0 Å². The van der Waals surface area contributed by atoms with E-state index in [9.17, 15) is 4.79 Å². The lowest BCUT2D eigenvalue weighted by atomic mass is 10.1. The van der Waals surface area contributed by atoms with Crippen LogP contribution in [0.2, 0.25) is 0 Å². The van der Waals surface area contributed by atoms with Crippen LogP contribution in [0.5, 0.6) is 0 Å². The van der Waals surface area contributed by atoms with Gasteiger partial charge in [0.05, 0.1) is 10.7 Å². The fourth-order valence-corrected chi connectivity index (χ4v) is 1.95. The van der Waals surface area contributed by atoms with Crippen molar-refractivity contribution in [2.45, 2.75) is 33.3 Å². The Bertz CT molecular complexity index is 468. The predicted octanol–water partition coefficient (Wildman–Crippen LogP) is 2.81. The third kappa shape index (κ3) is 4.41. The van der Waals surface area contributed by atoms with E-state index in [4.69, 9.17) is 11.2 Å². The molecule has 1 rings (SSSR count). The largest absolute Gasteiger partial charge is 0.457 e. The molecular formula is C13H15NO2S. The molecule has 1 heterocycles. The highest BCUT2D eigenvalue weighted by molar-refractivity contribution is 7.09. The number of hydrogen-bond donors (Lipinski definition) is 0. The summed E-state index contributed by atoms with van der Waals surface area (Å²) in [7, 11) is 0. The molecule has 17 heavy (non-hydrogen) atoms. The van der Waals surface area contributed by atoms with E-state index in [1.54, 1.807) is 11.3 Å². The minimum atomic E-state index is -0.362. The molecule has 0 aliphatic rings. The molecule has 0 radical (unpaired) electrons. The van der Waals surface area contributed by atoms with Crippen molar-refractivity contribution in [3.63, 3.8) is 0 Å². The van der Waals surface area contributed by atoms with E-state index in [-0.39, 0.29) is 12.1 Å². The van der Waals surface area contributed by atoms with Gasteiger partial charge >= 0.3 is 5.97 Å². The van der Waals surface area contributed by atoms with E-state index in [2.05, 4.69) is 10.9 Å². The van der Waals surface area contributed by atoms with Gasteiger partial charge in [-0.2, -0.15) is 0 Å². The highest BCUT2D eigenvalue weighted by Gasteiger charge is 2.13. The molecule has 4 heteroatoms. The third-order valence-corrected chi connectivity index (χ3v) is 2.92. The smallest absolute Gasteiger partial charge is 0.303 e. The lowest BCUT2D eigenvalue weighted by Crippen LogP contribution is -2.16. The third-order valence-electron chi connectivity index (χ3n) is 2.13. The maximum atomic E-state index is 11.0. The first-order chi connectivity index (χ1) is 8.02. The van der Waals surface area contributed by atoms with E-state index >= 15 is 0 Å². The maximum Gasteiger partial charge on any atom is 0.303 e. The van der Waals surface area contributed by atoms with Crippen LogP contribution in [0.15, 0.2) is 11.0 Å². The minimum absolute atomic E-state index is 0.326. The minimum Gasteiger partial charge on any atom is -0.457 e. The lowest BCUT2D eigenvalue weighted by molar-refractivity contribution is -0.144. The second-order valence-electron chi connectivity index (χ2n) is 3.69. The van der Waals surface area contributed by atoms with E-state index in [0.29, 0.717) is 6.42 Å². The first-order valence-electron chi connectivity index (χ1n) is 5.24. The second kappa shape index (κ2) is 6.21. The Morgan fingerprint density at radius 3 is 2.88 bits per heavy atom. The normalized spacial score (nSPS) is 12.9. The summed E-state index contributed by atoms with van der Waals surface area (Å²) in [6.07, 6.45) is 7.17. The van der Waals surface area contributed by atoms with Crippen LogP contribution in [0.1, 0.15) is 31.0 Å². The second-order valence-corrected chi connectivity index (χ2v) is 4.75. The van der Waals surface area contributed by atoms with Crippen LogP contribution >= 0.6 is 11.3 Å². The molecule has 1 aromatic rings. The van der Waals surface area contributed by atoms with Gasteiger partial charge in [0.1, 0.15) is 6.10 Å². The summed E-state index contributed by atoms with van der Waals surface area (Å²) in [5.74, 6) is 2.18. The number of hydrogen-bond acceptors (Lipinski definition) is 4. The summed E-state index contributed by atoms with van der Waals surface area (Å²) in [6, 6.07) is 0. The summed E-state index contributed by atoms with van der Waals surface area (Å²) in [5, 5.41) is 2.96. The first-order valence-corrected chi connectivity index (χ1v) is 6.12. The van der Waals surface area contributed by atoms with Gasteiger partial charge in [-0.25, -0.2) is 4.98 Å². The molecule has 0 aliphatic carbocycles. The number of esters is 1. The SMILES string of the molecule is C#CC[C@@H](OC(C)=O)/C(C)=C/c1csc(C)n1. The van der Waals surface area contributed by atoms with E-state index < -0.39 is 0 Å². The molecule has 3 nitrogen and oxygen atoms in total. The summed E-state index contributed by atoms with van der Waals surface area (Å²) in [5.41, 5.74) is 1.78. The number of thiazole rings is 1. The Morgan fingerprint density at radius 1 is 1.71 bits per heavy atom. The first kappa shape index (κ1) is 13.5. The van der Waals surface area contributed by atoms with Crippen molar-refractivity contribution in [3.05, 3.63) is 21.7 Å². The van der Waals surface area contributed by atoms with Crippen LogP contribution in [-0.4, -0.2) is 17.1 Å². The van der Waals surface area contributed by atoms with Crippen molar-refractivity contribution in [2.75, 3.05) is 0 Å². The van der Waals surface area contributed by atoms with Gasteiger partial charge in [0.15, 0.2) is 0 Å². The number of ether oxygens (including phenoxy) is 1. The Labute approximate surface area is 106 Å². The Morgan fingerprint density at radius 2 is 2.41 bits per heavy atom. The Balaban J connectivity index is 2.83. The van der Waals surface area contributed by atoms with Crippen molar-refractivity contribution >= 4 is 23.4 Å². The Kier molecular flexibility index (Phi) is 4.92. The summed E-state index contributed by atoms with van der Waals surface area (Å²) in [4.78, 5) is 15.3. The molecule has 1 aromatic heterocycles. The maximum absolute atomic E-state index is 11.0. The molecular weight excluding hydrogens is 234 g/mol. The highest BCUT2D eigenvalue weighted by Crippen LogP contribution is 2.16. The monoisotopic (exact) mass is 249 g/mol. The number of terminal acetylenes is 1. The van der Waals surface area contributed by atoms with Crippen molar-refractivity contribution < 1.29 is 9.53 Å². The van der Waals surface area contributed by atoms with Gasteiger partial charge in [0, 0.05) is 18.7 Å². The zero-order valence-electron chi connectivity index (χ0n) is 10.2. The zero-order chi connectivity index (χ0) is 12.8. The van der Waals surface area contributed by atoms with Crippen molar-refractivity contribution in [2.24, 2.45) is 0 Å². The fraction of sp³-hybridized carbons (Fsp3) is 0.385. The number of aryl methyl sites for hydroxylation is 1. The van der Waals surface area contributed by atoms with Crippen LogP contribution in [0, 0.1) is 19.3 Å². The van der Waals surface area contributed by atoms with Crippen LogP contribution < -0.4 is 0 Å². The summed E-state index contributed by atoms with van der Waals surface area (Å²) < 4.78 is 5.16. The number of aromatic nitrogens is 1. The van der Waals surface area contributed by atoms with Gasteiger partial charge in [0.25, 0.3) is 0 Å². The Hall–Kier alpha value is -1.60. The number of carbonyl (C=O) groups excluding carboxylic acids is 1. The van der Waals surface area contributed by atoms with Crippen LogP contribution in [0.25, 0.3) is 6.08 Å². The van der Waals surface area contributed by atoms with Crippen LogP contribution in [-0.2, 0) is 9.53 Å².